The highest BCUT2D eigenvalue weighted by Crippen LogP contribution is 2.15. The van der Waals surface area contributed by atoms with E-state index in [1.807, 2.05) is 6.07 Å². The van der Waals surface area contributed by atoms with Crippen LogP contribution >= 0.6 is 15.9 Å². The maximum absolute atomic E-state index is 12.0. The molecule has 0 saturated heterocycles. The zero-order valence-electron chi connectivity index (χ0n) is 11.6. The lowest BCUT2D eigenvalue weighted by Crippen LogP contribution is -2.33. The average Bonchev–Trinajstić information content (AvgIpc) is 2.53. The summed E-state index contributed by atoms with van der Waals surface area (Å²) in [6.07, 6.45) is 5.30. The molecule has 110 valence electrons. The molecule has 0 unspecified atom stereocenters. The first-order valence-electron chi connectivity index (χ1n) is 6.49. The number of hydrogen-bond acceptors (Lipinski definition) is 2. The van der Waals surface area contributed by atoms with Gasteiger partial charge in [0.2, 0.25) is 5.91 Å². The second-order valence-corrected chi connectivity index (χ2v) is 5.29. The molecule has 0 aliphatic rings. The van der Waals surface area contributed by atoms with E-state index in [1.54, 1.807) is 42.5 Å². The Kier molecular flexibility index (Phi) is 5.34. The Morgan fingerprint density at radius 1 is 1.14 bits per heavy atom. The van der Waals surface area contributed by atoms with Crippen molar-refractivity contribution >= 4 is 33.4 Å². The molecule has 0 heterocycles. The molecule has 0 spiro atoms. The fourth-order valence-electron chi connectivity index (χ4n) is 1.79. The summed E-state index contributed by atoms with van der Waals surface area (Å²) in [4.78, 5) is 23.8. The second-order valence-electron chi connectivity index (χ2n) is 4.44. The van der Waals surface area contributed by atoms with Gasteiger partial charge in [-0.15, -0.1) is 6.42 Å². The minimum Gasteiger partial charge on any atom is -0.343 e. The molecule has 22 heavy (non-hydrogen) atoms. The van der Waals surface area contributed by atoms with E-state index in [2.05, 4.69) is 32.5 Å². The molecule has 2 aromatic rings. The lowest BCUT2D eigenvalue weighted by Gasteiger charge is -2.08. The van der Waals surface area contributed by atoms with Crippen LogP contribution in [0.5, 0.6) is 0 Å². The molecule has 2 N–H and O–H groups in total. The fourth-order valence-corrected chi connectivity index (χ4v) is 2.26. The van der Waals surface area contributed by atoms with Gasteiger partial charge in [0, 0.05) is 15.7 Å². The molecule has 0 saturated carbocycles. The molecule has 0 aliphatic carbocycles. The van der Waals surface area contributed by atoms with Crippen LogP contribution in [0.1, 0.15) is 15.9 Å². The number of carbonyl (C=O) groups excluding carboxylic acids is 2. The predicted molar refractivity (Wildman–Crippen MR) is 89.5 cm³/mol. The number of hydrogen-bond donors (Lipinski definition) is 2. The van der Waals surface area contributed by atoms with Gasteiger partial charge in [-0.25, -0.2) is 0 Å². The number of amides is 2. The first-order valence-corrected chi connectivity index (χ1v) is 7.28. The summed E-state index contributed by atoms with van der Waals surface area (Å²) >= 11 is 3.29. The standard InChI is InChI=1S/C17H13BrN2O2/c1-2-12-6-5-7-13(10-12)20-16(21)11-19-17(22)14-8-3-4-9-15(14)18/h1,3-10H,11H2,(H,19,22)(H,20,21). The summed E-state index contributed by atoms with van der Waals surface area (Å²) < 4.78 is 0.676. The Bertz CT molecular complexity index is 750. The monoisotopic (exact) mass is 356 g/mol. The molecule has 4 nitrogen and oxygen atoms in total. The molecule has 0 aromatic heterocycles. The van der Waals surface area contributed by atoms with Gasteiger partial charge in [0.05, 0.1) is 12.1 Å². The summed E-state index contributed by atoms with van der Waals surface area (Å²) in [5.74, 6) is 1.85. The number of anilines is 1. The summed E-state index contributed by atoms with van der Waals surface area (Å²) in [5.41, 5.74) is 1.75. The molecule has 5 heteroatoms. The lowest BCUT2D eigenvalue weighted by atomic mass is 10.2. The number of terminal acetylenes is 1. The van der Waals surface area contributed by atoms with Crippen molar-refractivity contribution in [3.05, 3.63) is 64.1 Å². The Hall–Kier alpha value is -2.58. The van der Waals surface area contributed by atoms with Gasteiger partial charge < -0.3 is 10.6 Å². The van der Waals surface area contributed by atoms with Gasteiger partial charge in [-0.1, -0.05) is 24.1 Å². The van der Waals surface area contributed by atoms with E-state index < -0.39 is 0 Å². The van der Waals surface area contributed by atoms with Gasteiger partial charge in [-0.05, 0) is 46.3 Å². The van der Waals surface area contributed by atoms with Crippen molar-refractivity contribution in [2.75, 3.05) is 11.9 Å². The van der Waals surface area contributed by atoms with Crippen molar-refractivity contribution in [1.29, 1.82) is 0 Å². The summed E-state index contributed by atoms with van der Waals surface area (Å²) in [5, 5.41) is 5.24. The zero-order chi connectivity index (χ0) is 15.9. The van der Waals surface area contributed by atoms with Crippen LogP contribution in [-0.4, -0.2) is 18.4 Å². The third-order valence-corrected chi connectivity index (χ3v) is 3.53. The van der Waals surface area contributed by atoms with Crippen LogP contribution in [0.2, 0.25) is 0 Å². The van der Waals surface area contributed by atoms with Crippen LogP contribution in [0, 0.1) is 12.3 Å². The number of benzene rings is 2. The van der Waals surface area contributed by atoms with Gasteiger partial charge >= 0.3 is 0 Å². The van der Waals surface area contributed by atoms with Crippen molar-refractivity contribution in [1.82, 2.24) is 5.32 Å². The van der Waals surface area contributed by atoms with Gasteiger partial charge in [-0.3, -0.25) is 9.59 Å². The average molecular weight is 357 g/mol. The molecule has 0 aliphatic heterocycles. The highest BCUT2D eigenvalue weighted by molar-refractivity contribution is 9.10. The van der Waals surface area contributed by atoms with E-state index >= 15 is 0 Å². The molecule has 2 amide bonds. The van der Waals surface area contributed by atoms with Crippen molar-refractivity contribution in [2.45, 2.75) is 0 Å². The van der Waals surface area contributed by atoms with Crippen molar-refractivity contribution in [3.63, 3.8) is 0 Å². The quantitative estimate of drug-likeness (QED) is 0.827. The van der Waals surface area contributed by atoms with E-state index in [1.165, 1.54) is 0 Å². The molecular formula is C17H13BrN2O2. The molecule has 2 aromatic carbocycles. The Balaban J connectivity index is 1.92. The van der Waals surface area contributed by atoms with Crippen LogP contribution in [0.4, 0.5) is 5.69 Å². The summed E-state index contributed by atoms with van der Waals surface area (Å²) in [6, 6.07) is 13.9. The smallest absolute Gasteiger partial charge is 0.252 e. The molecular weight excluding hydrogens is 344 g/mol. The first-order chi connectivity index (χ1) is 10.6. The largest absolute Gasteiger partial charge is 0.343 e. The minimum atomic E-state index is -0.324. The van der Waals surface area contributed by atoms with Crippen LogP contribution in [0.15, 0.2) is 53.0 Å². The normalized spacial score (nSPS) is 9.64. The molecule has 0 atom stereocenters. The van der Waals surface area contributed by atoms with E-state index in [4.69, 9.17) is 6.42 Å². The number of carbonyl (C=O) groups is 2. The van der Waals surface area contributed by atoms with Gasteiger partial charge in [-0.2, -0.15) is 0 Å². The van der Waals surface area contributed by atoms with Crippen LogP contribution in [0.25, 0.3) is 0 Å². The van der Waals surface area contributed by atoms with Crippen LogP contribution in [-0.2, 0) is 4.79 Å². The topological polar surface area (TPSA) is 58.2 Å². The molecule has 0 bridgehead atoms. The van der Waals surface area contributed by atoms with Gasteiger partial charge in [0.25, 0.3) is 5.91 Å². The minimum absolute atomic E-state index is 0.125. The van der Waals surface area contributed by atoms with Gasteiger partial charge in [0.15, 0.2) is 0 Å². The lowest BCUT2D eigenvalue weighted by molar-refractivity contribution is -0.115. The highest BCUT2D eigenvalue weighted by atomic mass is 79.9. The Morgan fingerprint density at radius 3 is 2.64 bits per heavy atom. The maximum atomic E-state index is 12.0. The Morgan fingerprint density at radius 2 is 1.91 bits per heavy atom. The molecule has 0 radical (unpaired) electrons. The first kappa shape index (κ1) is 15.8. The van der Waals surface area contributed by atoms with E-state index in [-0.39, 0.29) is 18.4 Å². The maximum Gasteiger partial charge on any atom is 0.252 e. The van der Waals surface area contributed by atoms with Crippen LogP contribution < -0.4 is 10.6 Å². The van der Waals surface area contributed by atoms with Crippen molar-refractivity contribution in [2.24, 2.45) is 0 Å². The SMILES string of the molecule is C#Cc1cccc(NC(=O)CNC(=O)c2ccccc2Br)c1. The van der Waals surface area contributed by atoms with E-state index in [0.29, 0.717) is 21.3 Å². The Labute approximate surface area is 137 Å². The molecule has 2 rings (SSSR count). The number of halogens is 1. The van der Waals surface area contributed by atoms with Crippen molar-refractivity contribution in [3.8, 4) is 12.3 Å². The predicted octanol–water partition coefficient (Wildman–Crippen LogP) is 2.80. The molecule has 0 fully saturated rings. The van der Waals surface area contributed by atoms with Crippen LogP contribution in [0.3, 0.4) is 0 Å². The van der Waals surface area contributed by atoms with E-state index in [9.17, 15) is 9.59 Å². The number of rotatable bonds is 4. The van der Waals surface area contributed by atoms with E-state index in [0.717, 1.165) is 0 Å². The zero-order valence-corrected chi connectivity index (χ0v) is 13.2. The summed E-state index contributed by atoms with van der Waals surface area (Å²) in [6.45, 7) is -0.125. The third-order valence-electron chi connectivity index (χ3n) is 2.84. The number of nitrogens with one attached hydrogen (secondary N) is 2. The highest BCUT2D eigenvalue weighted by Gasteiger charge is 2.10. The fraction of sp³-hybridized carbons (Fsp3) is 0.0588. The second kappa shape index (κ2) is 7.43. The van der Waals surface area contributed by atoms with Crippen molar-refractivity contribution < 1.29 is 9.59 Å². The third kappa shape index (κ3) is 4.21. The van der Waals surface area contributed by atoms with Gasteiger partial charge in [0.1, 0.15) is 0 Å². The summed E-state index contributed by atoms with van der Waals surface area (Å²) in [7, 11) is 0.